The molecule has 0 atom stereocenters. The summed E-state index contributed by atoms with van der Waals surface area (Å²) in [6, 6.07) is 0. The lowest BCUT2D eigenvalue weighted by molar-refractivity contribution is 0.0920. The van der Waals surface area contributed by atoms with Gasteiger partial charge in [0, 0.05) is 0 Å². The third-order valence-electron chi connectivity index (χ3n) is 0.384. The lowest BCUT2D eigenvalue weighted by Crippen LogP contribution is -1.75. The molecule has 0 aliphatic carbocycles. The van der Waals surface area contributed by atoms with Crippen LogP contribution >= 0.6 is 0 Å². The van der Waals surface area contributed by atoms with Crippen molar-refractivity contribution in [3.63, 3.8) is 0 Å². The smallest absolute Gasteiger partial charge is 0.229 e. The standard InChI is InChI=1S/C3H4O2/c1-2-5-3-4-1/h1-2H,3H2. The van der Waals surface area contributed by atoms with Gasteiger partial charge in [0.15, 0.2) is 0 Å². The Morgan fingerprint density at radius 2 is 1.80 bits per heavy atom. The van der Waals surface area contributed by atoms with Gasteiger partial charge in [0.25, 0.3) is 0 Å². The summed E-state index contributed by atoms with van der Waals surface area (Å²) in [5, 5.41) is 0. The van der Waals surface area contributed by atoms with Crippen LogP contribution in [-0.2, 0) is 9.47 Å². The van der Waals surface area contributed by atoms with Crippen LogP contribution in [0.2, 0.25) is 0 Å². The van der Waals surface area contributed by atoms with E-state index in [9.17, 15) is 0 Å². The second-order valence-corrected chi connectivity index (χ2v) is 0.723. The highest BCUT2D eigenvalue weighted by Gasteiger charge is 1.82. The largest absolute Gasteiger partial charge is 0.462 e. The van der Waals surface area contributed by atoms with Gasteiger partial charge < -0.3 is 9.47 Å². The minimum atomic E-state index is 0.389. The number of ether oxygens (including phenoxy) is 2. The van der Waals surface area contributed by atoms with Crippen molar-refractivity contribution in [3.05, 3.63) is 12.5 Å². The van der Waals surface area contributed by atoms with E-state index < -0.39 is 0 Å². The second kappa shape index (κ2) is 0.971. The molecule has 5 heavy (non-hydrogen) atoms. The Labute approximate surface area is 30.0 Å². The fraction of sp³-hybridized carbons (Fsp3) is 0.333. The van der Waals surface area contributed by atoms with Crippen LogP contribution in [-0.4, -0.2) is 6.79 Å². The Kier molecular flexibility index (Phi) is 0.499. The van der Waals surface area contributed by atoms with Crippen molar-refractivity contribution in [2.24, 2.45) is 0 Å². The minimum absolute atomic E-state index is 0.389. The maximum absolute atomic E-state index is 4.54. The first-order valence-corrected chi connectivity index (χ1v) is 1.38. The molecular formula is C3H4O2. The van der Waals surface area contributed by atoms with Gasteiger partial charge in [-0.15, -0.1) is 0 Å². The van der Waals surface area contributed by atoms with E-state index in [0.29, 0.717) is 6.79 Å². The summed E-state index contributed by atoms with van der Waals surface area (Å²) in [5.74, 6) is 0. The Morgan fingerprint density at radius 1 is 1.20 bits per heavy atom. The van der Waals surface area contributed by atoms with Crippen molar-refractivity contribution >= 4 is 0 Å². The Balaban J connectivity index is 2.32. The van der Waals surface area contributed by atoms with Gasteiger partial charge in [-0.25, -0.2) is 0 Å². The average molecular weight is 72.1 g/mol. The quantitative estimate of drug-likeness (QED) is 0.414. The molecule has 0 fully saturated rings. The summed E-state index contributed by atoms with van der Waals surface area (Å²) in [6.07, 6.45) is 3.03. The minimum Gasteiger partial charge on any atom is -0.462 e. The predicted octanol–water partition coefficient (Wildman–Crippen LogP) is 0.462. The molecule has 0 radical (unpaired) electrons. The van der Waals surface area contributed by atoms with E-state index in [4.69, 9.17) is 0 Å². The molecule has 0 N–H and O–H groups in total. The number of hydrogen-bond acceptors (Lipinski definition) is 2. The van der Waals surface area contributed by atoms with Gasteiger partial charge in [-0.2, -0.15) is 0 Å². The van der Waals surface area contributed by atoms with Gasteiger partial charge >= 0.3 is 0 Å². The van der Waals surface area contributed by atoms with E-state index in [-0.39, 0.29) is 0 Å². The predicted molar refractivity (Wildman–Crippen MR) is 16.2 cm³/mol. The molecule has 28 valence electrons. The zero-order valence-electron chi connectivity index (χ0n) is 2.68. The van der Waals surface area contributed by atoms with Gasteiger partial charge in [0.05, 0.1) is 0 Å². The molecular weight excluding hydrogens is 68.0 g/mol. The van der Waals surface area contributed by atoms with Gasteiger partial charge in [0.2, 0.25) is 6.79 Å². The van der Waals surface area contributed by atoms with Crippen LogP contribution < -0.4 is 0 Å². The zero-order chi connectivity index (χ0) is 3.54. The first-order chi connectivity index (χ1) is 2.50. The van der Waals surface area contributed by atoms with Gasteiger partial charge in [-0.1, -0.05) is 0 Å². The summed E-state index contributed by atoms with van der Waals surface area (Å²) in [5.41, 5.74) is 0. The lowest BCUT2D eigenvalue weighted by atomic mass is 11.1. The molecule has 0 unspecified atom stereocenters. The summed E-state index contributed by atoms with van der Waals surface area (Å²) in [6.45, 7) is 0.389. The van der Waals surface area contributed by atoms with Gasteiger partial charge in [0.1, 0.15) is 12.5 Å². The van der Waals surface area contributed by atoms with Crippen LogP contribution in [0.1, 0.15) is 0 Å². The molecule has 1 rings (SSSR count). The van der Waals surface area contributed by atoms with E-state index >= 15 is 0 Å². The van der Waals surface area contributed by atoms with Crippen LogP contribution in [0.4, 0.5) is 0 Å². The summed E-state index contributed by atoms with van der Waals surface area (Å²) >= 11 is 0. The summed E-state index contributed by atoms with van der Waals surface area (Å²) in [4.78, 5) is 0. The molecule has 0 aromatic carbocycles. The number of rotatable bonds is 0. The fourth-order valence-electron chi connectivity index (χ4n) is 0.196. The lowest BCUT2D eigenvalue weighted by Gasteiger charge is -1.82. The molecule has 0 saturated carbocycles. The maximum Gasteiger partial charge on any atom is 0.229 e. The molecule has 0 bridgehead atoms. The molecule has 2 nitrogen and oxygen atoms in total. The zero-order valence-corrected chi connectivity index (χ0v) is 2.68. The number of hydrogen-bond donors (Lipinski definition) is 0. The highest BCUT2D eigenvalue weighted by molar-refractivity contribution is 4.63. The third-order valence-corrected chi connectivity index (χ3v) is 0.384. The van der Waals surface area contributed by atoms with Crippen LogP contribution in [0, 0.1) is 0 Å². The molecule has 1 heterocycles. The van der Waals surface area contributed by atoms with Crippen molar-refractivity contribution in [2.45, 2.75) is 0 Å². The van der Waals surface area contributed by atoms with E-state index in [1.165, 1.54) is 12.5 Å². The third kappa shape index (κ3) is 0.318. The topological polar surface area (TPSA) is 18.5 Å². The second-order valence-electron chi connectivity index (χ2n) is 0.723. The van der Waals surface area contributed by atoms with E-state index in [0.717, 1.165) is 0 Å². The van der Waals surface area contributed by atoms with E-state index in [1.54, 1.807) is 0 Å². The van der Waals surface area contributed by atoms with Gasteiger partial charge in [-0.3, -0.25) is 0 Å². The highest BCUT2D eigenvalue weighted by Crippen LogP contribution is 1.88. The highest BCUT2D eigenvalue weighted by atomic mass is 16.7. The molecule has 1 aliphatic heterocycles. The molecule has 0 amide bonds. The normalized spacial score (nSPS) is 17.6. The average Bonchev–Trinajstić information content (AvgIpc) is 1.76. The fourth-order valence-corrected chi connectivity index (χ4v) is 0.196. The monoisotopic (exact) mass is 72.0 g/mol. The first kappa shape index (κ1) is 2.57. The van der Waals surface area contributed by atoms with E-state index in [2.05, 4.69) is 9.47 Å². The molecule has 2 heteroatoms. The molecule has 0 spiro atoms. The molecule has 0 aromatic heterocycles. The molecule has 0 saturated heterocycles. The SMILES string of the molecule is C1=COCO1. The van der Waals surface area contributed by atoms with Crippen molar-refractivity contribution < 1.29 is 9.47 Å². The maximum atomic E-state index is 4.54. The van der Waals surface area contributed by atoms with Crippen LogP contribution in [0.3, 0.4) is 0 Å². The van der Waals surface area contributed by atoms with Crippen molar-refractivity contribution in [2.75, 3.05) is 6.79 Å². The molecule has 1 aliphatic rings. The first-order valence-electron chi connectivity index (χ1n) is 1.38. The Bertz CT molecular complexity index is 42.9. The van der Waals surface area contributed by atoms with Crippen LogP contribution in [0.5, 0.6) is 0 Å². The van der Waals surface area contributed by atoms with Crippen molar-refractivity contribution in [1.29, 1.82) is 0 Å². The Hall–Kier alpha value is -0.660. The Morgan fingerprint density at radius 3 is 2.00 bits per heavy atom. The van der Waals surface area contributed by atoms with Crippen molar-refractivity contribution in [3.8, 4) is 0 Å². The summed E-state index contributed by atoms with van der Waals surface area (Å²) in [7, 11) is 0. The van der Waals surface area contributed by atoms with Crippen LogP contribution in [0.15, 0.2) is 12.5 Å². The van der Waals surface area contributed by atoms with Crippen LogP contribution in [0.25, 0.3) is 0 Å². The molecule has 0 aromatic rings. The van der Waals surface area contributed by atoms with Crippen molar-refractivity contribution in [1.82, 2.24) is 0 Å². The van der Waals surface area contributed by atoms with Gasteiger partial charge in [-0.05, 0) is 0 Å². The van der Waals surface area contributed by atoms with E-state index in [1.807, 2.05) is 0 Å². The summed E-state index contributed by atoms with van der Waals surface area (Å²) < 4.78 is 9.08.